The zero-order valence-electron chi connectivity index (χ0n) is 19.9. The van der Waals surface area contributed by atoms with Gasteiger partial charge in [0.1, 0.15) is 0 Å². The van der Waals surface area contributed by atoms with Gasteiger partial charge in [-0.2, -0.15) is 0 Å². The average Bonchev–Trinajstić information content (AvgIpc) is 3.13. The van der Waals surface area contributed by atoms with Gasteiger partial charge in [-0.25, -0.2) is 0 Å². The Bertz CT molecular complexity index is 510. The lowest BCUT2D eigenvalue weighted by Gasteiger charge is -2.52. The molecule has 0 saturated heterocycles. The molecule has 0 bridgehead atoms. The first kappa shape index (κ1) is 19.7. The van der Waals surface area contributed by atoms with Crippen LogP contribution in [-0.2, 0) is 0 Å². The molecule has 164 valence electrons. The normalized spacial score (nSPS) is 61.7. The Morgan fingerprint density at radius 3 is 0.862 bits per heavy atom. The topological polar surface area (TPSA) is 0 Å². The molecule has 6 fully saturated rings. The molecule has 0 aromatic rings. The van der Waals surface area contributed by atoms with Crippen molar-refractivity contribution in [2.75, 3.05) is 0 Å². The highest BCUT2D eigenvalue weighted by molar-refractivity contribution is 5.20. The second kappa shape index (κ2) is 7.00. The van der Waals surface area contributed by atoms with Crippen LogP contribution < -0.4 is 0 Å². The molecule has 12 atom stereocenters. The van der Waals surface area contributed by atoms with Gasteiger partial charge < -0.3 is 0 Å². The summed E-state index contributed by atoms with van der Waals surface area (Å²) in [7, 11) is 0. The van der Waals surface area contributed by atoms with Crippen LogP contribution in [0.2, 0.25) is 0 Å². The summed E-state index contributed by atoms with van der Waals surface area (Å²) in [5.41, 5.74) is 0.797. The van der Waals surface area contributed by atoms with Crippen LogP contribution >= 0.6 is 0 Å². The van der Waals surface area contributed by atoms with Crippen molar-refractivity contribution in [3.63, 3.8) is 0 Å². The monoisotopic (exact) mass is 396 g/mol. The lowest BCUT2D eigenvalue weighted by molar-refractivity contribution is -0.0458. The van der Waals surface area contributed by atoms with Gasteiger partial charge in [0.05, 0.1) is 0 Å². The Balaban J connectivity index is 1.47. The van der Waals surface area contributed by atoms with Gasteiger partial charge in [0.15, 0.2) is 0 Å². The summed E-state index contributed by atoms with van der Waals surface area (Å²) in [5, 5.41) is 0. The van der Waals surface area contributed by atoms with Gasteiger partial charge in [-0.15, -0.1) is 0 Å². The van der Waals surface area contributed by atoms with Crippen LogP contribution in [0, 0.1) is 76.4 Å². The first-order chi connectivity index (χ1) is 14.0. The minimum Gasteiger partial charge on any atom is -0.0625 e. The molecule has 1 spiro atoms. The van der Waals surface area contributed by atoms with Crippen LogP contribution in [0.5, 0.6) is 0 Å². The molecule has 0 amide bonds. The third kappa shape index (κ3) is 2.68. The number of rotatable bonds is 0. The van der Waals surface area contributed by atoms with Crippen LogP contribution in [0.4, 0.5) is 0 Å². The van der Waals surface area contributed by atoms with E-state index in [-0.39, 0.29) is 0 Å². The van der Waals surface area contributed by atoms with Crippen LogP contribution in [0.15, 0.2) is 0 Å². The Labute approximate surface area is 181 Å². The molecule has 0 nitrogen and oxygen atoms in total. The molecule has 0 aliphatic heterocycles. The standard InChI is InChI=1S/C29H48/c1-17-5-9-25-21(13-17)22-14-18(2)6-10-26(22)29(25)27-11-7-19(3)15-23(27)24-16-20(4)8-12-28(24)29/h17-28H,5-16H2,1-4H3. The van der Waals surface area contributed by atoms with Crippen molar-refractivity contribution in [3.8, 4) is 0 Å². The zero-order valence-corrected chi connectivity index (χ0v) is 19.9. The molecule has 6 aliphatic carbocycles. The van der Waals surface area contributed by atoms with Gasteiger partial charge in [-0.3, -0.25) is 0 Å². The Hall–Kier alpha value is 0. The van der Waals surface area contributed by atoms with Gasteiger partial charge in [0.25, 0.3) is 0 Å². The summed E-state index contributed by atoms with van der Waals surface area (Å²) < 4.78 is 0. The fourth-order valence-corrected chi connectivity index (χ4v) is 11.7. The quantitative estimate of drug-likeness (QED) is 0.387. The summed E-state index contributed by atoms with van der Waals surface area (Å²) in [4.78, 5) is 0. The molecule has 0 aromatic carbocycles. The van der Waals surface area contributed by atoms with E-state index in [0.29, 0.717) is 0 Å². The number of fused-ring (bicyclic) bond motifs is 10. The summed E-state index contributed by atoms with van der Waals surface area (Å²) in [5.74, 6) is 13.0. The van der Waals surface area contributed by atoms with E-state index in [0.717, 1.165) is 76.4 Å². The second-order valence-corrected chi connectivity index (χ2v) is 13.8. The Morgan fingerprint density at radius 2 is 0.621 bits per heavy atom. The van der Waals surface area contributed by atoms with Gasteiger partial charge in [0.2, 0.25) is 0 Å². The van der Waals surface area contributed by atoms with Crippen LogP contribution in [0.1, 0.15) is 105 Å². The minimum atomic E-state index is 0.797. The highest BCUT2D eigenvalue weighted by Gasteiger charge is 2.72. The zero-order chi connectivity index (χ0) is 19.9. The average molecular weight is 397 g/mol. The van der Waals surface area contributed by atoms with E-state index in [1.165, 1.54) is 0 Å². The molecule has 0 N–H and O–H groups in total. The third-order valence-electron chi connectivity index (χ3n) is 12.3. The molecular formula is C29H48. The fourth-order valence-electron chi connectivity index (χ4n) is 11.7. The van der Waals surface area contributed by atoms with E-state index in [1.807, 2.05) is 0 Å². The van der Waals surface area contributed by atoms with Gasteiger partial charge in [0, 0.05) is 0 Å². The van der Waals surface area contributed by atoms with E-state index >= 15 is 0 Å². The highest BCUT2D eigenvalue weighted by atomic mass is 14.8. The maximum atomic E-state index is 2.59. The van der Waals surface area contributed by atoms with Gasteiger partial charge >= 0.3 is 0 Å². The molecule has 12 unspecified atom stereocenters. The molecule has 0 heteroatoms. The molecule has 6 rings (SSSR count). The summed E-state index contributed by atoms with van der Waals surface area (Å²) in [6.45, 7) is 10.4. The molecule has 29 heavy (non-hydrogen) atoms. The van der Waals surface area contributed by atoms with E-state index < -0.39 is 0 Å². The largest absolute Gasteiger partial charge is 0.0625 e. The summed E-state index contributed by atoms with van der Waals surface area (Å²) in [6.07, 6.45) is 19.1. The Kier molecular flexibility index (Phi) is 4.75. The van der Waals surface area contributed by atoms with Crippen molar-refractivity contribution in [1.82, 2.24) is 0 Å². The first-order valence-electron chi connectivity index (χ1n) is 14.0. The van der Waals surface area contributed by atoms with Crippen LogP contribution in [0.3, 0.4) is 0 Å². The van der Waals surface area contributed by atoms with Gasteiger partial charge in [-0.05, 0) is 128 Å². The second-order valence-electron chi connectivity index (χ2n) is 13.8. The lowest BCUT2D eigenvalue weighted by atomic mass is 9.52. The van der Waals surface area contributed by atoms with Crippen molar-refractivity contribution in [3.05, 3.63) is 0 Å². The molecular weight excluding hydrogens is 348 g/mol. The summed E-state index contributed by atoms with van der Waals surface area (Å²) >= 11 is 0. The van der Waals surface area contributed by atoms with E-state index in [9.17, 15) is 0 Å². The predicted octanol–water partition coefficient (Wildman–Crippen LogP) is 8.21. The van der Waals surface area contributed by atoms with Crippen molar-refractivity contribution in [2.45, 2.75) is 105 Å². The molecule has 0 radical (unpaired) electrons. The van der Waals surface area contributed by atoms with Crippen molar-refractivity contribution >= 4 is 0 Å². The molecule has 6 aliphatic rings. The highest BCUT2D eigenvalue weighted by Crippen LogP contribution is 2.78. The van der Waals surface area contributed by atoms with Crippen molar-refractivity contribution in [2.24, 2.45) is 76.4 Å². The minimum absolute atomic E-state index is 0.797. The number of hydrogen-bond donors (Lipinski definition) is 0. The maximum absolute atomic E-state index is 2.59. The first-order valence-corrected chi connectivity index (χ1v) is 14.0. The molecule has 6 saturated carbocycles. The van der Waals surface area contributed by atoms with E-state index in [2.05, 4.69) is 27.7 Å². The maximum Gasteiger partial charge on any atom is -0.0173 e. The van der Waals surface area contributed by atoms with Crippen LogP contribution in [0.25, 0.3) is 0 Å². The third-order valence-corrected chi connectivity index (χ3v) is 12.3. The summed E-state index contributed by atoms with van der Waals surface area (Å²) in [6, 6.07) is 0. The molecule has 0 aromatic heterocycles. The van der Waals surface area contributed by atoms with Crippen LogP contribution in [-0.4, -0.2) is 0 Å². The Morgan fingerprint density at radius 1 is 0.379 bits per heavy atom. The van der Waals surface area contributed by atoms with Gasteiger partial charge in [-0.1, -0.05) is 53.4 Å². The lowest BCUT2D eigenvalue weighted by Crippen LogP contribution is -2.47. The predicted molar refractivity (Wildman–Crippen MR) is 122 cm³/mol. The van der Waals surface area contributed by atoms with E-state index in [4.69, 9.17) is 0 Å². The smallest absolute Gasteiger partial charge is 0.0173 e. The molecule has 0 heterocycles. The van der Waals surface area contributed by atoms with Crippen molar-refractivity contribution < 1.29 is 0 Å². The fraction of sp³-hybridized carbons (Fsp3) is 1.00. The van der Waals surface area contributed by atoms with Crippen molar-refractivity contribution in [1.29, 1.82) is 0 Å². The number of hydrogen-bond acceptors (Lipinski definition) is 0. The SMILES string of the molecule is CC1CCC2C(C1)C1CC(C)CCC1C21C2CCC(C)CC2C2CC(C)CCC21. The van der Waals surface area contributed by atoms with E-state index in [1.54, 1.807) is 77.0 Å².